The van der Waals surface area contributed by atoms with Crippen LogP contribution in [0.1, 0.15) is 34.8 Å². The average molecular weight is 470 g/mol. The minimum absolute atomic E-state index is 0.0448. The molecule has 0 bridgehead atoms. The van der Waals surface area contributed by atoms with Gasteiger partial charge in [-0.1, -0.05) is 48.0 Å². The van der Waals surface area contributed by atoms with Gasteiger partial charge in [0.1, 0.15) is 5.82 Å². The number of fused-ring (bicyclic) bond motifs is 1. The highest BCUT2D eigenvalue weighted by atomic mass is 16.1. The number of hydrogen-bond donors (Lipinski definition) is 1. The van der Waals surface area contributed by atoms with Crippen molar-refractivity contribution in [2.45, 2.75) is 33.7 Å². The van der Waals surface area contributed by atoms with Gasteiger partial charge in [0.05, 0.1) is 38.7 Å². The molecule has 0 spiro atoms. The van der Waals surface area contributed by atoms with Crippen molar-refractivity contribution in [2.24, 2.45) is 0 Å². The van der Waals surface area contributed by atoms with Crippen molar-refractivity contribution in [1.82, 2.24) is 14.9 Å². The van der Waals surface area contributed by atoms with Crippen LogP contribution in [-0.4, -0.2) is 54.2 Å². The Balaban J connectivity index is 1.68. The fourth-order valence-electron chi connectivity index (χ4n) is 4.68. The molecule has 0 aliphatic rings. The minimum Gasteiger partial charge on any atom is -0.352 e. The number of quaternary nitrogens is 1. The lowest BCUT2D eigenvalue weighted by molar-refractivity contribution is -0.870. The van der Waals surface area contributed by atoms with Crippen molar-refractivity contribution in [3.05, 3.63) is 77.4 Å². The summed E-state index contributed by atoms with van der Waals surface area (Å²) < 4.78 is 3.13. The van der Waals surface area contributed by atoms with Crippen LogP contribution in [0.3, 0.4) is 0 Å². The van der Waals surface area contributed by atoms with E-state index >= 15 is 0 Å². The lowest BCUT2D eigenvalue weighted by Gasteiger charge is -2.23. The predicted octanol–water partition coefficient (Wildman–Crippen LogP) is 5.83. The van der Waals surface area contributed by atoms with Gasteiger partial charge in [0.2, 0.25) is 0 Å². The Morgan fingerprint density at radius 1 is 0.943 bits per heavy atom. The van der Waals surface area contributed by atoms with Gasteiger partial charge in [-0.2, -0.15) is 0 Å². The highest BCUT2D eigenvalue weighted by molar-refractivity contribution is 5.98. The maximum atomic E-state index is 12.8. The zero-order valence-corrected chi connectivity index (χ0v) is 21.9. The zero-order chi connectivity index (χ0) is 25.2. The fraction of sp³-hybridized carbons (Fsp3) is 0.333. The molecule has 0 radical (unpaired) electrons. The molecular weight excluding hydrogens is 432 g/mol. The summed E-state index contributed by atoms with van der Waals surface area (Å²) in [5, 5.41) is 3.06. The summed E-state index contributed by atoms with van der Waals surface area (Å²) in [6.45, 7) is 8.90. The molecule has 0 atom stereocenters. The molecule has 4 aromatic rings. The molecule has 1 aromatic heterocycles. The Bertz CT molecular complexity index is 1360. The van der Waals surface area contributed by atoms with E-state index in [0.29, 0.717) is 12.1 Å². The summed E-state index contributed by atoms with van der Waals surface area (Å²) >= 11 is 0. The second-order valence-corrected chi connectivity index (χ2v) is 10.4. The van der Waals surface area contributed by atoms with E-state index in [-0.39, 0.29) is 5.91 Å². The fourth-order valence-corrected chi connectivity index (χ4v) is 4.68. The first kappa shape index (κ1) is 24.7. The van der Waals surface area contributed by atoms with Crippen molar-refractivity contribution in [2.75, 3.05) is 34.2 Å². The molecule has 1 heterocycles. The van der Waals surface area contributed by atoms with Crippen molar-refractivity contribution in [3.63, 3.8) is 0 Å². The molecule has 5 heteroatoms. The normalized spacial score (nSPS) is 11.7. The maximum Gasteiger partial charge on any atom is 0.251 e. The molecule has 0 aliphatic carbocycles. The number of nitrogens with one attached hydrogen (secondary N) is 1. The number of aryl methyl sites for hydroxylation is 3. The average Bonchev–Trinajstić information content (AvgIpc) is 3.19. The molecule has 0 saturated heterocycles. The monoisotopic (exact) mass is 469 g/mol. The van der Waals surface area contributed by atoms with Gasteiger partial charge in [-0.15, -0.1) is 0 Å². The predicted molar refractivity (Wildman–Crippen MR) is 146 cm³/mol. The summed E-state index contributed by atoms with van der Waals surface area (Å²) in [6, 6.07) is 20.9. The molecule has 182 valence electrons. The van der Waals surface area contributed by atoms with E-state index in [1.807, 2.05) is 18.2 Å². The number of imidazole rings is 1. The Morgan fingerprint density at radius 2 is 1.69 bits per heavy atom. The van der Waals surface area contributed by atoms with Crippen molar-refractivity contribution in [3.8, 4) is 22.5 Å². The zero-order valence-electron chi connectivity index (χ0n) is 21.9. The highest BCUT2D eigenvalue weighted by Gasteiger charge is 2.18. The Morgan fingerprint density at radius 3 is 2.37 bits per heavy atom. The number of hydrogen-bond acceptors (Lipinski definition) is 2. The first-order valence-electron chi connectivity index (χ1n) is 12.4. The second kappa shape index (κ2) is 10.0. The number of carbonyl (C=O) groups excluding carboxylic acids is 1. The van der Waals surface area contributed by atoms with E-state index in [0.717, 1.165) is 46.4 Å². The highest BCUT2D eigenvalue weighted by Crippen LogP contribution is 2.35. The van der Waals surface area contributed by atoms with Crippen LogP contribution < -0.4 is 5.32 Å². The van der Waals surface area contributed by atoms with E-state index < -0.39 is 0 Å². The molecule has 1 N–H and O–H groups in total. The van der Waals surface area contributed by atoms with Gasteiger partial charge in [0, 0.05) is 30.6 Å². The quantitative estimate of drug-likeness (QED) is 0.261. The first-order valence-corrected chi connectivity index (χ1v) is 12.4. The van der Waals surface area contributed by atoms with Crippen LogP contribution in [0, 0.1) is 13.8 Å². The lowest BCUT2D eigenvalue weighted by atomic mass is 9.94. The molecule has 5 nitrogen and oxygen atoms in total. The number of rotatable bonds is 8. The first-order chi connectivity index (χ1) is 16.7. The van der Waals surface area contributed by atoms with Crippen LogP contribution in [0.5, 0.6) is 0 Å². The van der Waals surface area contributed by atoms with Gasteiger partial charge < -0.3 is 14.4 Å². The van der Waals surface area contributed by atoms with E-state index in [1.54, 1.807) is 0 Å². The van der Waals surface area contributed by atoms with Crippen LogP contribution >= 0.6 is 0 Å². The summed E-state index contributed by atoms with van der Waals surface area (Å²) in [4.78, 5) is 17.8. The number of amides is 1. The van der Waals surface area contributed by atoms with Gasteiger partial charge in [-0.25, -0.2) is 4.98 Å². The van der Waals surface area contributed by atoms with Gasteiger partial charge in [-0.05, 0) is 55.7 Å². The van der Waals surface area contributed by atoms with E-state index in [4.69, 9.17) is 4.98 Å². The van der Waals surface area contributed by atoms with E-state index in [1.165, 1.54) is 22.3 Å². The van der Waals surface area contributed by atoms with Gasteiger partial charge in [-0.3, -0.25) is 4.79 Å². The maximum absolute atomic E-state index is 12.8. The Labute approximate surface area is 209 Å². The smallest absolute Gasteiger partial charge is 0.251 e. The number of benzene rings is 3. The molecule has 4 rings (SSSR count). The summed E-state index contributed by atoms with van der Waals surface area (Å²) in [5.41, 5.74) is 8.53. The van der Waals surface area contributed by atoms with Crippen LogP contribution in [0.2, 0.25) is 0 Å². The molecule has 0 saturated carbocycles. The molecule has 0 aliphatic heterocycles. The Hall–Kier alpha value is -3.44. The SMILES string of the molecule is CCn1c(-c2ccccc2-c2ccc(C)cc2C)nc2cc(C(=O)NCCC[N+](C)(C)C)ccc21. The van der Waals surface area contributed by atoms with E-state index in [9.17, 15) is 4.79 Å². The van der Waals surface area contributed by atoms with Crippen molar-refractivity contribution in [1.29, 1.82) is 0 Å². The van der Waals surface area contributed by atoms with Crippen LogP contribution in [0.15, 0.2) is 60.7 Å². The Kier molecular flexibility index (Phi) is 7.08. The number of nitrogens with zero attached hydrogens (tertiary/aromatic N) is 3. The number of carbonyl (C=O) groups is 1. The van der Waals surface area contributed by atoms with Crippen LogP contribution in [0.4, 0.5) is 0 Å². The topological polar surface area (TPSA) is 46.9 Å². The molecular formula is C30H37N4O+. The lowest BCUT2D eigenvalue weighted by Crippen LogP contribution is -2.37. The van der Waals surface area contributed by atoms with E-state index in [2.05, 4.69) is 94.3 Å². The summed E-state index contributed by atoms with van der Waals surface area (Å²) in [5.74, 6) is 0.884. The molecule has 0 fully saturated rings. The minimum atomic E-state index is -0.0448. The van der Waals surface area contributed by atoms with Crippen molar-refractivity contribution < 1.29 is 9.28 Å². The molecule has 0 unspecified atom stereocenters. The third-order valence-corrected chi connectivity index (χ3v) is 6.46. The van der Waals surface area contributed by atoms with Crippen LogP contribution in [0.25, 0.3) is 33.5 Å². The molecule has 3 aromatic carbocycles. The number of aromatic nitrogens is 2. The van der Waals surface area contributed by atoms with Crippen molar-refractivity contribution >= 4 is 16.9 Å². The molecule has 35 heavy (non-hydrogen) atoms. The summed E-state index contributed by atoms with van der Waals surface area (Å²) in [6.07, 6.45) is 0.946. The third-order valence-electron chi connectivity index (χ3n) is 6.46. The summed E-state index contributed by atoms with van der Waals surface area (Å²) in [7, 11) is 6.49. The molecule has 1 amide bonds. The third kappa shape index (κ3) is 5.46. The standard InChI is InChI=1S/C30H36N4O/c1-7-33-28-16-14-23(30(35)31-17-10-18-34(4,5)6)20-27(28)32-29(33)26-12-9-8-11-25(26)24-15-13-21(2)19-22(24)3/h8-9,11-16,19-20H,7,10,17-18H2,1-6H3/p+1. The van der Waals surface area contributed by atoms with Crippen LogP contribution in [-0.2, 0) is 6.54 Å². The van der Waals surface area contributed by atoms with Gasteiger partial charge in [0.15, 0.2) is 0 Å². The van der Waals surface area contributed by atoms with Gasteiger partial charge in [0.25, 0.3) is 5.91 Å². The largest absolute Gasteiger partial charge is 0.352 e. The van der Waals surface area contributed by atoms with Gasteiger partial charge >= 0.3 is 0 Å². The second-order valence-electron chi connectivity index (χ2n) is 10.4.